The topological polar surface area (TPSA) is 137 Å². The molecule has 10 heteroatoms. The molecule has 0 bridgehead atoms. The molecular weight excluding hydrogens is 749 g/mol. The minimum absolute atomic E-state index is 0.0971. The summed E-state index contributed by atoms with van der Waals surface area (Å²) in [5.41, 5.74) is 17.5. The average molecular weight is 827 g/mol. The second-order valence-corrected chi connectivity index (χ2v) is 16.6. The number of nitrogen functional groups attached to an aromatic ring is 1. The number of anilines is 3. The zero-order valence-corrected chi connectivity index (χ0v) is 38.5. The molecule has 0 aliphatic heterocycles. The third-order valence-corrected chi connectivity index (χ3v) is 10.4. The molecule has 1 unspecified atom stereocenters. The number of nitrogens with one attached hydrogen (secondary N) is 1. The molecule has 0 saturated carbocycles. The fourth-order valence-electron chi connectivity index (χ4n) is 6.71. The van der Waals surface area contributed by atoms with Gasteiger partial charge in [-0.3, -0.25) is 9.69 Å². The van der Waals surface area contributed by atoms with Crippen LogP contribution < -0.4 is 20.7 Å². The Morgan fingerprint density at radius 2 is 1.20 bits per heavy atom. The van der Waals surface area contributed by atoms with Gasteiger partial charge in [0.2, 0.25) is 6.41 Å². The highest BCUT2D eigenvalue weighted by Gasteiger charge is 2.19. The Balaban J connectivity index is 1.70. The summed E-state index contributed by atoms with van der Waals surface area (Å²) in [7, 11) is 3.82. The molecule has 10 nitrogen and oxygen atoms in total. The number of ether oxygens (including phenoxy) is 1. The number of carbonyl (C=O) groups excluding carboxylic acids is 1. The number of carbonyl (C=O) groups is 1. The largest absolute Gasteiger partial charge is 0.461 e. The molecule has 332 valence electrons. The van der Waals surface area contributed by atoms with E-state index in [4.69, 9.17) is 15.6 Å². The van der Waals surface area contributed by atoms with Crippen molar-refractivity contribution < 1.29 is 19.7 Å². The van der Waals surface area contributed by atoms with Crippen LogP contribution in [0, 0.1) is 0 Å². The Labute approximate surface area is 363 Å². The third kappa shape index (κ3) is 22.2. The Bertz CT molecular complexity index is 1750. The highest BCUT2D eigenvalue weighted by molar-refractivity contribution is 5.85. The van der Waals surface area contributed by atoms with Gasteiger partial charge in [0, 0.05) is 13.6 Å². The lowest BCUT2D eigenvalue weighted by Gasteiger charge is -2.21. The Hall–Kier alpha value is -4.51. The van der Waals surface area contributed by atoms with Gasteiger partial charge in [-0.25, -0.2) is 0 Å². The number of rotatable bonds is 30. The van der Waals surface area contributed by atoms with E-state index in [1.807, 2.05) is 12.1 Å². The number of aliphatic hydroxyl groups is 2. The van der Waals surface area contributed by atoms with Gasteiger partial charge in [-0.15, -0.1) is 0 Å². The van der Waals surface area contributed by atoms with Crippen molar-refractivity contribution in [3.8, 4) is 6.01 Å². The molecule has 0 radical (unpaired) electrons. The fourth-order valence-corrected chi connectivity index (χ4v) is 6.71. The summed E-state index contributed by atoms with van der Waals surface area (Å²) in [5.74, 6) is 0.350. The summed E-state index contributed by atoms with van der Waals surface area (Å²) in [4.78, 5) is 24.4. The smallest absolute Gasteiger partial charge is 0.320 e. The molecule has 1 aromatic carbocycles. The first-order valence-electron chi connectivity index (χ1n) is 21.9. The normalized spacial score (nSPS) is 13.4. The van der Waals surface area contributed by atoms with Crippen LogP contribution in [0.4, 0.5) is 17.3 Å². The summed E-state index contributed by atoms with van der Waals surface area (Å²) in [5, 5.41) is 21.7. The maximum atomic E-state index is 12.2. The van der Waals surface area contributed by atoms with Crippen LogP contribution in [0.15, 0.2) is 94.2 Å². The predicted octanol–water partition coefficient (Wildman–Crippen LogP) is 10.8. The van der Waals surface area contributed by atoms with Crippen molar-refractivity contribution >= 4 is 23.7 Å². The van der Waals surface area contributed by atoms with Crippen LogP contribution in [-0.2, 0) is 17.9 Å². The van der Waals surface area contributed by atoms with Crippen LogP contribution >= 0.6 is 0 Å². The van der Waals surface area contributed by atoms with Gasteiger partial charge in [-0.2, -0.15) is 9.97 Å². The minimum atomic E-state index is -1.09. The van der Waals surface area contributed by atoms with E-state index in [2.05, 4.69) is 124 Å². The SMILES string of the molecule is CNc1c(N)nc(OCC(O)CO)nc1N(C=O)Cc1ccc(CN(C)CCC/C(C)=C/CC/C(C)=C/CC/C(C)=C/CC/C=C(\C)CC/C=C(\C)CCC=C(C)C)cc1. The number of aliphatic hydroxyl groups excluding tert-OH is 2. The lowest BCUT2D eigenvalue weighted by molar-refractivity contribution is -0.107. The zero-order chi connectivity index (χ0) is 44.3. The number of nitrogens with two attached hydrogens (primary N) is 1. The van der Waals surface area contributed by atoms with E-state index in [0.29, 0.717) is 12.1 Å². The molecule has 1 aromatic heterocycles. The molecule has 1 amide bonds. The summed E-state index contributed by atoms with van der Waals surface area (Å²) < 4.78 is 5.40. The molecule has 1 atom stereocenters. The van der Waals surface area contributed by atoms with Crippen molar-refractivity contribution in [3.05, 3.63) is 105 Å². The summed E-state index contributed by atoms with van der Waals surface area (Å²) in [6, 6.07) is 8.09. The molecule has 0 aliphatic rings. The first kappa shape index (κ1) is 51.6. The van der Waals surface area contributed by atoms with Crippen molar-refractivity contribution in [2.24, 2.45) is 0 Å². The first-order chi connectivity index (χ1) is 28.7. The quantitative estimate of drug-likeness (QED) is 0.0345. The number of hydrogen-bond acceptors (Lipinski definition) is 9. The van der Waals surface area contributed by atoms with Gasteiger partial charge >= 0.3 is 6.01 Å². The van der Waals surface area contributed by atoms with Crippen LogP contribution in [-0.4, -0.2) is 71.4 Å². The molecule has 5 N–H and O–H groups in total. The van der Waals surface area contributed by atoms with Crippen LogP contribution in [0.1, 0.15) is 137 Å². The van der Waals surface area contributed by atoms with Gasteiger partial charge in [0.05, 0.1) is 13.2 Å². The van der Waals surface area contributed by atoms with E-state index < -0.39 is 12.7 Å². The maximum Gasteiger partial charge on any atom is 0.320 e. The van der Waals surface area contributed by atoms with Crippen molar-refractivity contribution in [2.45, 2.75) is 145 Å². The highest BCUT2D eigenvalue weighted by atomic mass is 16.5. The van der Waals surface area contributed by atoms with Gasteiger partial charge in [-0.05, 0) is 150 Å². The lowest BCUT2D eigenvalue weighted by atomic mass is 10.0. The molecular formula is C50H78N6O4. The number of hydrogen-bond donors (Lipinski definition) is 4. The van der Waals surface area contributed by atoms with E-state index in [0.717, 1.165) is 89.3 Å². The first-order valence-corrected chi connectivity index (χ1v) is 21.9. The Kier molecular flexibility index (Phi) is 25.5. The molecule has 0 spiro atoms. The molecule has 0 fully saturated rings. The van der Waals surface area contributed by atoms with Gasteiger partial charge < -0.3 is 30.9 Å². The average Bonchev–Trinajstić information content (AvgIpc) is 3.20. The predicted molar refractivity (Wildman–Crippen MR) is 253 cm³/mol. The second-order valence-electron chi connectivity index (χ2n) is 16.6. The molecule has 2 aromatic rings. The van der Waals surface area contributed by atoms with Crippen molar-refractivity contribution in [1.29, 1.82) is 0 Å². The molecule has 2 rings (SSSR count). The molecule has 0 saturated heterocycles. The number of allylic oxidation sites excluding steroid dienone is 12. The van der Waals surface area contributed by atoms with Crippen molar-refractivity contribution in [3.63, 3.8) is 0 Å². The summed E-state index contributed by atoms with van der Waals surface area (Å²) in [6.07, 6.45) is 27.6. The van der Waals surface area contributed by atoms with Crippen LogP contribution in [0.5, 0.6) is 6.01 Å². The van der Waals surface area contributed by atoms with E-state index in [1.165, 1.54) is 50.3 Å². The van der Waals surface area contributed by atoms with Crippen molar-refractivity contribution in [2.75, 3.05) is 49.8 Å². The zero-order valence-electron chi connectivity index (χ0n) is 38.5. The number of aromatic nitrogens is 2. The minimum Gasteiger partial charge on any atom is -0.461 e. The summed E-state index contributed by atoms with van der Waals surface area (Å²) in [6.45, 7) is 17.1. The van der Waals surface area contributed by atoms with Crippen LogP contribution in [0.3, 0.4) is 0 Å². The standard InChI is InChI=1S/C50H78N6O4/c1-38(2)17-12-20-41(5)23-13-21-39(3)18-10-11-19-40(4)22-14-24-42(6)25-15-26-43(7)27-16-32-55(9)33-44-28-30-45(31-29-44)34-56(37-58)49-47(52-8)48(51)53-50(54-49)60-36-46(59)35-57/h17-19,23-24,26,28-31,37,46,52,57,59H,10-16,20-22,25,27,32-36H2,1-9H3,(H2,51,53,54)/b39-18+,40-19+,41-23+,42-24+,43-26+. The number of unbranched alkanes of at least 4 members (excludes halogenated alkanes) is 1. The van der Waals surface area contributed by atoms with Crippen LogP contribution in [0.2, 0.25) is 0 Å². The van der Waals surface area contributed by atoms with Gasteiger partial charge in [0.25, 0.3) is 0 Å². The van der Waals surface area contributed by atoms with E-state index in [9.17, 15) is 9.90 Å². The summed E-state index contributed by atoms with van der Waals surface area (Å²) >= 11 is 0. The van der Waals surface area contributed by atoms with E-state index in [1.54, 1.807) is 7.05 Å². The third-order valence-electron chi connectivity index (χ3n) is 10.4. The maximum absolute atomic E-state index is 12.2. The number of nitrogens with zero attached hydrogens (tertiary/aromatic N) is 4. The Morgan fingerprint density at radius 3 is 1.67 bits per heavy atom. The van der Waals surface area contributed by atoms with E-state index in [-0.39, 0.29) is 30.8 Å². The van der Waals surface area contributed by atoms with Crippen LogP contribution in [0.25, 0.3) is 0 Å². The Morgan fingerprint density at radius 1 is 0.733 bits per heavy atom. The van der Waals surface area contributed by atoms with Gasteiger partial charge in [-0.1, -0.05) is 94.2 Å². The molecule has 60 heavy (non-hydrogen) atoms. The van der Waals surface area contributed by atoms with Crippen molar-refractivity contribution in [1.82, 2.24) is 14.9 Å². The number of benzene rings is 1. The lowest BCUT2D eigenvalue weighted by Crippen LogP contribution is -2.25. The molecule has 0 aliphatic carbocycles. The van der Waals surface area contributed by atoms with Gasteiger partial charge in [0.15, 0.2) is 11.6 Å². The number of amides is 1. The monoisotopic (exact) mass is 827 g/mol. The second kappa shape index (κ2) is 29.7. The van der Waals surface area contributed by atoms with E-state index >= 15 is 0 Å². The fraction of sp³-hybridized carbons (Fsp3) is 0.540. The van der Waals surface area contributed by atoms with Gasteiger partial charge in [0.1, 0.15) is 18.4 Å². The highest BCUT2D eigenvalue weighted by Crippen LogP contribution is 2.31. The molecule has 1 heterocycles.